The molecule has 0 atom stereocenters. The minimum atomic E-state index is 0.281. The van der Waals surface area contributed by atoms with Crippen LogP contribution in [0.3, 0.4) is 0 Å². The summed E-state index contributed by atoms with van der Waals surface area (Å²) in [5.74, 6) is 1.82. The van der Waals surface area contributed by atoms with Crippen LogP contribution in [-0.2, 0) is 0 Å². The standard InChI is InChI=1S/C14H14O2Se/c1-15-11-5-3-7-13(9-11)17-14-8-4-6-12(10-14)16-2/h3-10H,1-2H3. The summed E-state index contributed by atoms with van der Waals surface area (Å²) in [4.78, 5) is 0. The van der Waals surface area contributed by atoms with Gasteiger partial charge in [-0.05, 0) is 0 Å². The van der Waals surface area contributed by atoms with Crippen molar-refractivity contribution in [1.82, 2.24) is 0 Å². The van der Waals surface area contributed by atoms with Crippen molar-refractivity contribution in [1.29, 1.82) is 0 Å². The number of hydrogen-bond acceptors (Lipinski definition) is 2. The van der Waals surface area contributed by atoms with Crippen molar-refractivity contribution in [3.63, 3.8) is 0 Å². The predicted molar refractivity (Wildman–Crippen MR) is 71.0 cm³/mol. The quantitative estimate of drug-likeness (QED) is 0.793. The summed E-state index contributed by atoms with van der Waals surface area (Å²) in [6.07, 6.45) is 0. The van der Waals surface area contributed by atoms with Gasteiger partial charge in [0, 0.05) is 0 Å². The third kappa shape index (κ3) is 3.26. The molecule has 0 aliphatic heterocycles. The molecule has 0 radical (unpaired) electrons. The molecule has 2 aromatic carbocycles. The Morgan fingerprint density at radius 1 is 0.765 bits per heavy atom. The first kappa shape index (κ1) is 12.0. The van der Waals surface area contributed by atoms with Crippen molar-refractivity contribution in [3.8, 4) is 11.5 Å². The zero-order valence-corrected chi connectivity index (χ0v) is 11.6. The molecule has 17 heavy (non-hydrogen) atoms. The second-order valence-corrected chi connectivity index (χ2v) is 5.87. The average molecular weight is 293 g/mol. The fourth-order valence-corrected chi connectivity index (χ4v) is 3.39. The van der Waals surface area contributed by atoms with Gasteiger partial charge in [-0.3, -0.25) is 0 Å². The van der Waals surface area contributed by atoms with Crippen LogP contribution in [0.25, 0.3) is 0 Å². The summed E-state index contributed by atoms with van der Waals surface area (Å²) >= 11 is 0.281. The van der Waals surface area contributed by atoms with Gasteiger partial charge in [-0.25, -0.2) is 0 Å². The van der Waals surface area contributed by atoms with Gasteiger partial charge in [0.05, 0.1) is 0 Å². The molecule has 0 spiro atoms. The van der Waals surface area contributed by atoms with Crippen molar-refractivity contribution < 1.29 is 9.47 Å². The number of rotatable bonds is 4. The van der Waals surface area contributed by atoms with Crippen LogP contribution in [0.1, 0.15) is 0 Å². The van der Waals surface area contributed by atoms with Crippen molar-refractivity contribution in [2.45, 2.75) is 0 Å². The van der Waals surface area contributed by atoms with Crippen LogP contribution in [0.15, 0.2) is 48.5 Å². The molecule has 0 fully saturated rings. The van der Waals surface area contributed by atoms with Crippen LogP contribution in [0.5, 0.6) is 11.5 Å². The molecule has 3 heteroatoms. The van der Waals surface area contributed by atoms with Gasteiger partial charge >= 0.3 is 108 Å². The Hall–Kier alpha value is -1.44. The van der Waals surface area contributed by atoms with E-state index < -0.39 is 0 Å². The van der Waals surface area contributed by atoms with E-state index in [0.29, 0.717) is 0 Å². The van der Waals surface area contributed by atoms with Gasteiger partial charge in [0.1, 0.15) is 0 Å². The van der Waals surface area contributed by atoms with Gasteiger partial charge < -0.3 is 0 Å². The monoisotopic (exact) mass is 294 g/mol. The first-order chi connectivity index (χ1) is 8.31. The van der Waals surface area contributed by atoms with Crippen LogP contribution >= 0.6 is 0 Å². The Bertz CT molecular complexity index is 452. The molecule has 0 saturated heterocycles. The molecule has 0 heterocycles. The summed E-state index contributed by atoms with van der Waals surface area (Å²) in [5, 5.41) is 0. The predicted octanol–water partition coefficient (Wildman–Crippen LogP) is 1.36. The van der Waals surface area contributed by atoms with E-state index in [4.69, 9.17) is 9.47 Å². The number of benzene rings is 2. The van der Waals surface area contributed by atoms with Crippen molar-refractivity contribution in [2.24, 2.45) is 0 Å². The van der Waals surface area contributed by atoms with Crippen LogP contribution in [0.2, 0.25) is 0 Å². The molecule has 88 valence electrons. The van der Waals surface area contributed by atoms with E-state index in [9.17, 15) is 0 Å². The SMILES string of the molecule is COc1cccc([Se]c2cccc(OC)c2)c1. The van der Waals surface area contributed by atoms with Crippen molar-refractivity contribution in [2.75, 3.05) is 14.2 Å². The first-order valence-corrected chi connectivity index (χ1v) is 6.99. The molecular formula is C14H14O2Se. The number of methoxy groups -OCH3 is 2. The molecule has 2 aromatic rings. The second-order valence-electron chi connectivity index (χ2n) is 3.46. The summed E-state index contributed by atoms with van der Waals surface area (Å²) in [6.45, 7) is 0. The molecule has 0 saturated carbocycles. The fraction of sp³-hybridized carbons (Fsp3) is 0.143. The van der Waals surface area contributed by atoms with Crippen LogP contribution in [0, 0.1) is 0 Å². The second kappa shape index (κ2) is 5.76. The minimum absolute atomic E-state index is 0.281. The molecule has 0 aliphatic rings. The fourth-order valence-electron chi connectivity index (χ4n) is 1.47. The van der Waals surface area contributed by atoms with E-state index in [1.54, 1.807) is 14.2 Å². The Labute approximate surface area is 108 Å². The third-order valence-corrected chi connectivity index (χ3v) is 4.37. The first-order valence-electron chi connectivity index (χ1n) is 5.28. The zero-order valence-electron chi connectivity index (χ0n) is 9.84. The Kier molecular flexibility index (Phi) is 4.07. The van der Waals surface area contributed by atoms with E-state index in [0.717, 1.165) is 11.5 Å². The van der Waals surface area contributed by atoms with Crippen LogP contribution in [0.4, 0.5) is 0 Å². The van der Waals surface area contributed by atoms with Gasteiger partial charge in [0.25, 0.3) is 0 Å². The van der Waals surface area contributed by atoms with Crippen molar-refractivity contribution >= 4 is 23.9 Å². The normalized spacial score (nSPS) is 10.0. The van der Waals surface area contributed by atoms with Gasteiger partial charge in [0.2, 0.25) is 0 Å². The average Bonchev–Trinajstić information content (AvgIpc) is 2.39. The van der Waals surface area contributed by atoms with E-state index in [1.807, 2.05) is 24.3 Å². The van der Waals surface area contributed by atoms with E-state index in [-0.39, 0.29) is 15.0 Å². The van der Waals surface area contributed by atoms with Gasteiger partial charge in [-0.2, -0.15) is 0 Å². The van der Waals surface area contributed by atoms with E-state index in [1.165, 1.54) is 8.92 Å². The third-order valence-electron chi connectivity index (χ3n) is 2.32. The number of ether oxygens (including phenoxy) is 2. The zero-order chi connectivity index (χ0) is 12.1. The Morgan fingerprint density at radius 3 is 1.65 bits per heavy atom. The molecule has 0 N–H and O–H groups in total. The summed E-state index contributed by atoms with van der Waals surface area (Å²) in [5.41, 5.74) is 0. The van der Waals surface area contributed by atoms with Crippen LogP contribution in [-0.4, -0.2) is 29.2 Å². The van der Waals surface area contributed by atoms with Gasteiger partial charge in [-0.15, -0.1) is 0 Å². The van der Waals surface area contributed by atoms with Crippen LogP contribution < -0.4 is 18.4 Å². The Morgan fingerprint density at radius 2 is 1.24 bits per heavy atom. The molecule has 2 nitrogen and oxygen atoms in total. The molecule has 0 aromatic heterocycles. The summed E-state index contributed by atoms with van der Waals surface area (Å²) in [7, 11) is 3.38. The topological polar surface area (TPSA) is 18.5 Å². The molecule has 2 rings (SSSR count). The molecule has 0 aliphatic carbocycles. The van der Waals surface area contributed by atoms with Gasteiger partial charge in [0.15, 0.2) is 0 Å². The van der Waals surface area contributed by atoms with Gasteiger partial charge in [-0.1, -0.05) is 0 Å². The Balaban J connectivity index is 2.18. The summed E-state index contributed by atoms with van der Waals surface area (Å²) < 4.78 is 13.0. The maximum atomic E-state index is 5.22. The van der Waals surface area contributed by atoms with E-state index >= 15 is 0 Å². The molecular weight excluding hydrogens is 279 g/mol. The van der Waals surface area contributed by atoms with E-state index in [2.05, 4.69) is 24.3 Å². The molecule has 0 unspecified atom stereocenters. The number of hydrogen-bond donors (Lipinski definition) is 0. The molecule has 0 bridgehead atoms. The molecule has 0 amide bonds. The summed E-state index contributed by atoms with van der Waals surface area (Å²) in [6, 6.07) is 16.4. The van der Waals surface area contributed by atoms with Crippen molar-refractivity contribution in [3.05, 3.63) is 48.5 Å². The maximum absolute atomic E-state index is 5.22.